The maximum atomic E-state index is 12.1. The van der Waals surface area contributed by atoms with Gasteiger partial charge in [0.25, 0.3) is 0 Å². The molecule has 4 nitrogen and oxygen atoms in total. The Morgan fingerprint density at radius 1 is 1.33 bits per heavy atom. The van der Waals surface area contributed by atoms with Crippen molar-refractivity contribution in [2.24, 2.45) is 0 Å². The molecule has 3 rings (SSSR count). The van der Waals surface area contributed by atoms with Crippen LogP contribution < -0.4 is 5.48 Å². The highest BCUT2D eigenvalue weighted by atomic mass is 32.2. The maximum absolute atomic E-state index is 12.1. The van der Waals surface area contributed by atoms with E-state index in [4.69, 9.17) is 9.25 Å². The van der Waals surface area contributed by atoms with Crippen molar-refractivity contribution in [2.45, 2.75) is 9.96 Å². The Labute approximate surface area is 130 Å². The summed E-state index contributed by atoms with van der Waals surface area (Å²) < 4.78 is 6.89. The van der Waals surface area contributed by atoms with Gasteiger partial charge >= 0.3 is 5.91 Å². The number of thiophene rings is 1. The summed E-state index contributed by atoms with van der Waals surface area (Å²) in [5, 5.41) is 3.00. The number of benzene rings is 1. The molecule has 2 aromatic heterocycles. The topological polar surface area (TPSA) is 51.5 Å². The number of thioether (sulfide) groups is 1. The van der Waals surface area contributed by atoms with Crippen LogP contribution in [0.15, 0.2) is 50.4 Å². The van der Waals surface area contributed by atoms with Crippen molar-refractivity contribution in [2.75, 3.05) is 7.11 Å². The molecule has 0 bridgehead atoms. The van der Waals surface area contributed by atoms with Gasteiger partial charge in [0.05, 0.1) is 11.3 Å². The largest absolute Gasteiger partial charge is 0.450 e. The van der Waals surface area contributed by atoms with Crippen LogP contribution in [0.25, 0.3) is 11.0 Å². The SMILES string of the molecule is CONC(=O)c1oc2ccccc2c1CSc1cccs1. The Kier molecular flexibility index (Phi) is 4.28. The Hall–Kier alpha value is -1.76. The third kappa shape index (κ3) is 2.97. The van der Waals surface area contributed by atoms with Crippen molar-refractivity contribution < 1.29 is 14.0 Å². The second-order valence-corrected chi connectivity index (χ2v) is 6.49. The van der Waals surface area contributed by atoms with Gasteiger partial charge in [-0.25, -0.2) is 5.48 Å². The number of rotatable bonds is 5. The van der Waals surface area contributed by atoms with E-state index in [0.717, 1.165) is 10.9 Å². The molecule has 6 heteroatoms. The van der Waals surface area contributed by atoms with Crippen LogP contribution in [0.3, 0.4) is 0 Å². The quantitative estimate of drug-likeness (QED) is 0.569. The van der Waals surface area contributed by atoms with Crippen LogP contribution in [0, 0.1) is 0 Å². The summed E-state index contributed by atoms with van der Waals surface area (Å²) in [6, 6.07) is 11.7. The summed E-state index contributed by atoms with van der Waals surface area (Å²) in [4.78, 5) is 16.8. The highest BCUT2D eigenvalue weighted by Gasteiger charge is 2.20. The minimum absolute atomic E-state index is 0.308. The van der Waals surface area contributed by atoms with Crippen LogP contribution in [0.5, 0.6) is 0 Å². The number of carbonyl (C=O) groups is 1. The number of hydrogen-bond acceptors (Lipinski definition) is 5. The third-order valence-electron chi connectivity index (χ3n) is 2.95. The van der Waals surface area contributed by atoms with Crippen LogP contribution >= 0.6 is 23.1 Å². The van der Waals surface area contributed by atoms with Crippen LogP contribution in [0.4, 0.5) is 0 Å². The lowest BCUT2D eigenvalue weighted by molar-refractivity contribution is 0.0511. The molecule has 0 atom stereocenters. The third-order valence-corrected chi connectivity index (χ3v) is 5.11. The van der Waals surface area contributed by atoms with E-state index >= 15 is 0 Å². The summed E-state index contributed by atoms with van der Waals surface area (Å²) in [7, 11) is 1.40. The molecule has 3 aromatic rings. The van der Waals surface area contributed by atoms with Gasteiger partial charge in [-0.2, -0.15) is 0 Å². The van der Waals surface area contributed by atoms with E-state index in [1.54, 1.807) is 23.1 Å². The lowest BCUT2D eigenvalue weighted by Gasteiger charge is -2.02. The molecule has 0 radical (unpaired) electrons. The molecule has 1 N–H and O–H groups in total. The molecule has 0 unspecified atom stereocenters. The lowest BCUT2D eigenvalue weighted by atomic mass is 10.1. The van der Waals surface area contributed by atoms with Gasteiger partial charge in [-0.1, -0.05) is 24.3 Å². The smallest absolute Gasteiger partial charge is 0.310 e. The zero-order valence-electron chi connectivity index (χ0n) is 11.3. The highest BCUT2D eigenvalue weighted by molar-refractivity contribution is 8.00. The number of amides is 1. The number of hydrogen-bond donors (Lipinski definition) is 1. The van der Waals surface area contributed by atoms with Crippen LogP contribution in [0.2, 0.25) is 0 Å². The second-order valence-electron chi connectivity index (χ2n) is 4.26. The first kappa shape index (κ1) is 14.2. The van der Waals surface area contributed by atoms with Crippen LogP contribution in [-0.2, 0) is 10.6 Å². The first-order valence-corrected chi connectivity index (χ1v) is 8.16. The van der Waals surface area contributed by atoms with Gasteiger partial charge in [0.2, 0.25) is 0 Å². The fraction of sp³-hybridized carbons (Fsp3) is 0.133. The highest BCUT2D eigenvalue weighted by Crippen LogP contribution is 2.33. The van der Waals surface area contributed by atoms with Gasteiger partial charge in [0.1, 0.15) is 5.58 Å². The molecule has 1 amide bonds. The van der Waals surface area contributed by atoms with E-state index in [1.807, 2.05) is 35.7 Å². The van der Waals surface area contributed by atoms with Crippen molar-refractivity contribution in [3.05, 3.63) is 53.1 Å². The van der Waals surface area contributed by atoms with E-state index in [9.17, 15) is 4.79 Å². The van der Waals surface area contributed by atoms with E-state index in [2.05, 4.69) is 11.5 Å². The molecular formula is C15H13NO3S2. The lowest BCUT2D eigenvalue weighted by Crippen LogP contribution is -2.22. The number of fused-ring (bicyclic) bond motifs is 1. The molecule has 0 aliphatic heterocycles. The minimum atomic E-state index is -0.365. The second kappa shape index (κ2) is 6.34. The van der Waals surface area contributed by atoms with E-state index in [-0.39, 0.29) is 5.91 Å². The first-order valence-electron chi connectivity index (χ1n) is 6.29. The standard InChI is InChI=1S/C15H13NO3S2/c1-18-16-15(17)14-11(9-21-13-7-4-8-20-13)10-5-2-3-6-12(10)19-14/h2-8H,9H2,1H3,(H,16,17). The van der Waals surface area contributed by atoms with Gasteiger partial charge in [-0.05, 0) is 17.5 Å². The normalized spacial score (nSPS) is 10.9. The summed E-state index contributed by atoms with van der Waals surface area (Å²) in [5.41, 5.74) is 3.91. The zero-order chi connectivity index (χ0) is 14.7. The van der Waals surface area contributed by atoms with Crippen molar-refractivity contribution in [3.8, 4) is 0 Å². The zero-order valence-corrected chi connectivity index (χ0v) is 12.9. The number of nitrogens with one attached hydrogen (secondary N) is 1. The van der Waals surface area contributed by atoms with Gasteiger partial charge in [-0.15, -0.1) is 23.1 Å². The molecule has 0 saturated heterocycles. The van der Waals surface area contributed by atoms with Gasteiger partial charge in [0, 0.05) is 16.7 Å². The average Bonchev–Trinajstić information content (AvgIpc) is 3.12. The van der Waals surface area contributed by atoms with Crippen molar-refractivity contribution in [1.82, 2.24) is 5.48 Å². The average molecular weight is 319 g/mol. The van der Waals surface area contributed by atoms with Crippen LogP contribution in [-0.4, -0.2) is 13.0 Å². The minimum Gasteiger partial charge on any atom is -0.450 e. The molecular weight excluding hydrogens is 306 g/mol. The molecule has 108 valence electrons. The summed E-state index contributed by atoms with van der Waals surface area (Å²) in [6.45, 7) is 0. The molecule has 0 spiro atoms. The molecule has 2 heterocycles. The Balaban J connectivity index is 1.96. The Morgan fingerprint density at radius 2 is 2.19 bits per heavy atom. The Bertz CT molecular complexity index is 749. The van der Waals surface area contributed by atoms with Crippen molar-refractivity contribution in [1.29, 1.82) is 0 Å². The molecule has 0 aliphatic carbocycles. The number of furan rings is 1. The summed E-state index contributed by atoms with van der Waals surface area (Å²) in [6.07, 6.45) is 0. The molecule has 0 aliphatic rings. The number of carbonyl (C=O) groups excluding carboxylic acids is 1. The fourth-order valence-corrected chi connectivity index (χ4v) is 3.87. The summed E-state index contributed by atoms with van der Waals surface area (Å²) in [5.74, 6) is 0.613. The predicted molar refractivity (Wildman–Crippen MR) is 84.6 cm³/mol. The van der Waals surface area contributed by atoms with E-state index < -0.39 is 0 Å². The van der Waals surface area contributed by atoms with Crippen molar-refractivity contribution in [3.63, 3.8) is 0 Å². The van der Waals surface area contributed by atoms with E-state index in [0.29, 0.717) is 17.1 Å². The fourth-order valence-electron chi connectivity index (χ4n) is 2.05. The Morgan fingerprint density at radius 3 is 2.95 bits per heavy atom. The van der Waals surface area contributed by atoms with Crippen LogP contribution in [0.1, 0.15) is 16.1 Å². The molecule has 0 saturated carbocycles. The molecule has 1 aromatic carbocycles. The summed E-state index contributed by atoms with van der Waals surface area (Å²) >= 11 is 3.37. The monoisotopic (exact) mass is 319 g/mol. The maximum Gasteiger partial charge on any atom is 0.310 e. The van der Waals surface area contributed by atoms with Gasteiger partial charge < -0.3 is 4.42 Å². The van der Waals surface area contributed by atoms with Gasteiger partial charge in [0.15, 0.2) is 5.76 Å². The van der Waals surface area contributed by atoms with Crippen molar-refractivity contribution >= 4 is 40.0 Å². The molecule has 21 heavy (non-hydrogen) atoms. The predicted octanol–water partition coefficient (Wildman–Crippen LogP) is 4.08. The van der Waals surface area contributed by atoms with E-state index in [1.165, 1.54) is 11.3 Å². The molecule has 0 fully saturated rings. The first-order chi connectivity index (χ1) is 10.3. The number of hydroxylamine groups is 1. The van der Waals surface area contributed by atoms with Gasteiger partial charge in [-0.3, -0.25) is 9.63 Å². The number of para-hydroxylation sites is 1.